The van der Waals surface area contributed by atoms with Crippen LogP contribution in [0.4, 0.5) is 0 Å². The van der Waals surface area contributed by atoms with Gasteiger partial charge in [-0.2, -0.15) is 0 Å². The van der Waals surface area contributed by atoms with E-state index in [4.69, 9.17) is 5.11 Å². The topological polar surface area (TPSA) is 57.6 Å². The van der Waals surface area contributed by atoms with E-state index in [9.17, 15) is 9.59 Å². The molecule has 1 aliphatic carbocycles. The minimum absolute atomic E-state index is 0.157. The van der Waals surface area contributed by atoms with E-state index >= 15 is 0 Å². The monoisotopic (exact) mass is 197 g/mol. The fourth-order valence-corrected chi connectivity index (χ4v) is 2.15. The molecule has 1 heterocycles. The molecule has 0 aromatic carbocycles. The predicted molar refractivity (Wildman–Crippen MR) is 49.7 cm³/mol. The van der Waals surface area contributed by atoms with Gasteiger partial charge in [-0.1, -0.05) is 0 Å². The van der Waals surface area contributed by atoms with Crippen LogP contribution in [0.1, 0.15) is 32.6 Å². The smallest absolute Gasteiger partial charge is 0.319 e. The second kappa shape index (κ2) is 2.97. The van der Waals surface area contributed by atoms with Crippen LogP contribution in [-0.2, 0) is 9.59 Å². The van der Waals surface area contributed by atoms with Crippen LogP contribution in [0.5, 0.6) is 0 Å². The number of hydrogen-bond donors (Lipinski definition) is 1. The third-order valence-electron chi connectivity index (χ3n) is 3.38. The number of rotatable bonds is 2. The third-order valence-corrected chi connectivity index (χ3v) is 3.38. The molecular formula is C10H15NO3. The molecule has 2 fully saturated rings. The van der Waals surface area contributed by atoms with Crippen molar-refractivity contribution in [3.8, 4) is 0 Å². The Bertz CT molecular complexity index is 283. The second-order valence-electron chi connectivity index (χ2n) is 4.38. The zero-order valence-electron chi connectivity index (χ0n) is 8.32. The van der Waals surface area contributed by atoms with Crippen molar-refractivity contribution in [2.75, 3.05) is 6.54 Å². The first-order chi connectivity index (χ1) is 6.58. The van der Waals surface area contributed by atoms with Gasteiger partial charge in [0.15, 0.2) is 0 Å². The normalized spacial score (nSPS) is 28.9. The fourth-order valence-electron chi connectivity index (χ4n) is 2.15. The molecule has 0 bridgehead atoms. The molecule has 0 aromatic rings. The number of nitrogens with zero attached hydrogens (tertiary/aromatic N) is 1. The summed E-state index contributed by atoms with van der Waals surface area (Å²) >= 11 is 0. The van der Waals surface area contributed by atoms with Crippen LogP contribution in [0, 0.1) is 5.41 Å². The summed E-state index contributed by atoms with van der Waals surface area (Å²) in [5.74, 6) is -1.10. The molecule has 2 aliphatic rings. The molecule has 1 saturated heterocycles. The number of carbonyl (C=O) groups excluding carboxylic acids is 1. The van der Waals surface area contributed by atoms with Crippen LogP contribution in [0.25, 0.3) is 0 Å². The van der Waals surface area contributed by atoms with Crippen molar-refractivity contribution < 1.29 is 14.7 Å². The number of aliphatic carboxylic acids is 1. The number of carbonyl (C=O) groups is 2. The molecule has 1 saturated carbocycles. The Morgan fingerprint density at radius 2 is 2.07 bits per heavy atom. The van der Waals surface area contributed by atoms with Gasteiger partial charge in [-0.25, -0.2) is 0 Å². The molecule has 0 spiro atoms. The first kappa shape index (κ1) is 9.49. The van der Waals surface area contributed by atoms with E-state index in [2.05, 4.69) is 0 Å². The molecular weight excluding hydrogens is 182 g/mol. The third kappa shape index (κ3) is 1.21. The summed E-state index contributed by atoms with van der Waals surface area (Å²) in [5, 5.41) is 8.97. The summed E-state index contributed by atoms with van der Waals surface area (Å²) in [6, 6.07) is 0.222. The average Bonchev–Trinajstić information content (AvgIpc) is 2.84. The van der Waals surface area contributed by atoms with E-state index in [1.807, 2.05) is 6.92 Å². The maximum absolute atomic E-state index is 11.9. The van der Waals surface area contributed by atoms with Crippen molar-refractivity contribution >= 4 is 11.9 Å². The number of amides is 1. The van der Waals surface area contributed by atoms with Crippen LogP contribution in [0.2, 0.25) is 0 Å². The molecule has 1 aliphatic heterocycles. The first-order valence-corrected chi connectivity index (χ1v) is 5.12. The van der Waals surface area contributed by atoms with E-state index in [0.29, 0.717) is 12.8 Å². The van der Waals surface area contributed by atoms with Gasteiger partial charge in [0, 0.05) is 12.6 Å². The zero-order chi connectivity index (χ0) is 10.3. The van der Waals surface area contributed by atoms with Crippen LogP contribution in [0.15, 0.2) is 0 Å². The van der Waals surface area contributed by atoms with E-state index in [1.165, 1.54) is 0 Å². The van der Waals surface area contributed by atoms with Gasteiger partial charge in [-0.05, 0) is 32.6 Å². The van der Waals surface area contributed by atoms with Crippen molar-refractivity contribution in [2.24, 2.45) is 5.41 Å². The van der Waals surface area contributed by atoms with E-state index in [-0.39, 0.29) is 11.9 Å². The summed E-state index contributed by atoms with van der Waals surface area (Å²) in [6.07, 6.45) is 3.04. The Morgan fingerprint density at radius 3 is 2.43 bits per heavy atom. The first-order valence-electron chi connectivity index (χ1n) is 5.12. The zero-order valence-corrected chi connectivity index (χ0v) is 8.32. The molecule has 2 rings (SSSR count). The summed E-state index contributed by atoms with van der Waals surface area (Å²) in [4.78, 5) is 24.6. The van der Waals surface area contributed by atoms with Crippen molar-refractivity contribution in [3.63, 3.8) is 0 Å². The van der Waals surface area contributed by atoms with Gasteiger partial charge in [0.1, 0.15) is 5.41 Å². The maximum Gasteiger partial charge on any atom is 0.319 e. The lowest BCUT2D eigenvalue weighted by Crippen LogP contribution is -2.42. The lowest BCUT2D eigenvalue weighted by atomic mass is 10.1. The molecule has 4 nitrogen and oxygen atoms in total. The lowest BCUT2D eigenvalue weighted by Gasteiger charge is -2.24. The van der Waals surface area contributed by atoms with Gasteiger partial charge in [-0.3, -0.25) is 9.59 Å². The standard InChI is InChI=1S/C10H15NO3/c1-7-3-2-6-11(7)8(12)10(4-5-10)9(13)14/h7H,2-6H2,1H3,(H,13,14). The molecule has 78 valence electrons. The van der Waals surface area contributed by atoms with E-state index < -0.39 is 11.4 Å². The summed E-state index contributed by atoms with van der Waals surface area (Å²) in [5.41, 5.74) is -1.04. The van der Waals surface area contributed by atoms with Crippen molar-refractivity contribution in [1.82, 2.24) is 4.90 Å². The Labute approximate surface area is 82.9 Å². The molecule has 0 aromatic heterocycles. The molecule has 1 unspecified atom stereocenters. The fraction of sp³-hybridized carbons (Fsp3) is 0.800. The van der Waals surface area contributed by atoms with Gasteiger partial charge < -0.3 is 10.0 Å². The van der Waals surface area contributed by atoms with Gasteiger partial charge in [0.25, 0.3) is 0 Å². The maximum atomic E-state index is 11.9. The Morgan fingerprint density at radius 1 is 1.43 bits per heavy atom. The van der Waals surface area contributed by atoms with E-state index in [1.54, 1.807) is 4.90 Å². The highest BCUT2D eigenvalue weighted by Crippen LogP contribution is 2.48. The molecule has 1 N–H and O–H groups in total. The van der Waals surface area contributed by atoms with Crippen LogP contribution < -0.4 is 0 Å². The van der Waals surface area contributed by atoms with Gasteiger partial charge in [-0.15, -0.1) is 0 Å². The highest BCUT2D eigenvalue weighted by molar-refractivity contribution is 6.05. The van der Waals surface area contributed by atoms with Crippen molar-refractivity contribution in [2.45, 2.75) is 38.6 Å². The predicted octanol–water partition coefficient (Wildman–Crippen LogP) is 0.862. The minimum atomic E-state index is -1.04. The Kier molecular flexibility index (Phi) is 2.01. The van der Waals surface area contributed by atoms with Gasteiger partial charge >= 0.3 is 5.97 Å². The Balaban J connectivity index is 2.12. The summed E-state index contributed by atoms with van der Waals surface area (Å²) in [7, 11) is 0. The lowest BCUT2D eigenvalue weighted by molar-refractivity contribution is -0.153. The van der Waals surface area contributed by atoms with Crippen LogP contribution in [0.3, 0.4) is 0 Å². The number of hydrogen-bond acceptors (Lipinski definition) is 2. The van der Waals surface area contributed by atoms with Gasteiger partial charge in [0.2, 0.25) is 5.91 Å². The van der Waals surface area contributed by atoms with Gasteiger partial charge in [0.05, 0.1) is 0 Å². The number of carboxylic acid groups (broad SMARTS) is 1. The summed E-state index contributed by atoms with van der Waals surface area (Å²) < 4.78 is 0. The highest BCUT2D eigenvalue weighted by Gasteiger charge is 2.59. The summed E-state index contributed by atoms with van der Waals surface area (Å²) in [6.45, 7) is 2.72. The highest BCUT2D eigenvalue weighted by atomic mass is 16.4. The van der Waals surface area contributed by atoms with Crippen LogP contribution >= 0.6 is 0 Å². The van der Waals surface area contributed by atoms with Crippen molar-refractivity contribution in [3.05, 3.63) is 0 Å². The SMILES string of the molecule is CC1CCCN1C(=O)C1(C(=O)O)CC1. The van der Waals surface area contributed by atoms with Crippen molar-refractivity contribution in [1.29, 1.82) is 0 Å². The number of carboxylic acids is 1. The minimum Gasteiger partial charge on any atom is -0.480 e. The average molecular weight is 197 g/mol. The molecule has 1 atom stereocenters. The quantitative estimate of drug-likeness (QED) is 0.668. The number of likely N-dealkylation sites (tertiary alicyclic amines) is 1. The Hall–Kier alpha value is -1.06. The largest absolute Gasteiger partial charge is 0.480 e. The molecule has 0 radical (unpaired) electrons. The second-order valence-corrected chi connectivity index (χ2v) is 4.38. The van der Waals surface area contributed by atoms with Crippen LogP contribution in [-0.4, -0.2) is 34.5 Å². The molecule has 4 heteroatoms. The van der Waals surface area contributed by atoms with E-state index in [0.717, 1.165) is 19.4 Å². The molecule has 1 amide bonds. The molecule has 14 heavy (non-hydrogen) atoms.